The maximum absolute atomic E-state index is 3.55. The van der Waals surface area contributed by atoms with Gasteiger partial charge >= 0.3 is 0 Å². The predicted octanol–water partition coefficient (Wildman–Crippen LogP) is 3.82. The van der Waals surface area contributed by atoms with Crippen LogP contribution >= 0.6 is 22.7 Å². The SMILES string of the molecule is CCNC(c1cccs1)c1sccc1C. The molecule has 0 aliphatic heterocycles. The lowest BCUT2D eigenvalue weighted by atomic mass is 10.1. The van der Waals surface area contributed by atoms with E-state index in [0.717, 1.165) is 6.54 Å². The fourth-order valence-corrected chi connectivity index (χ4v) is 3.56. The highest BCUT2D eigenvalue weighted by Crippen LogP contribution is 2.31. The summed E-state index contributed by atoms with van der Waals surface area (Å²) in [6.07, 6.45) is 0. The molecule has 2 aromatic heterocycles. The van der Waals surface area contributed by atoms with Crippen LogP contribution in [-0.4, -0.2) is 6.54 Å². The molecule has 80 valence electrons. The molecule has 0 aromatic carbocycles. The molecule has 0 fully saturated rings. The van der Waals surface area contributed by atoms with Gasteiger partial charge in [-0.05, 0) is 41.9 Å². The maximum atomic E-state index is 3.55. The van der Waals surface area contributed by atoms with E-state index in [-0.39, 0.29) is 0 Å². The first-order chi connectivity index (χ1) is 7.33. The van der Waals surface area contributed by atoms with E-state index in [1.807, 2.05) is 22.7 Å². The Morgan fingerprint density at radius 2 is 2.13 bits per heavy atom. The molecule has 3 heteroatoms. The normalized spacial score (nSPS) is 12.9. The molecule has 2 heterocycles. The smallest absolute Gasteiger partial charge is 0.0767 e. The van der Waals surface area contributed by atoms with Gasteiger partial charge < -0.3 is 5.32 Å². The Bertz CT molecular complexity index is 403. The van der Waals surface area contributed by atoms with Crippen LogP contribution in [-0.2, 0) is 0 Å². The van der Waals surface area contributed by atoms with Gasteiger partial charge in [0, 0.05) is 9.75 Å². The first-order valence-electron chi connectivity index (χ1n) is 5.13. The number of thiophene rings is 2. The molecule has 1 N–H and O–H groups in total. The molecule has 0 aliphatic carbocycles. The first-order valence-corrected chi connectivity index (χ1v) is 6.89. The Morgan fingerprint density at radius 1 is 1.27 bits per heavy atom. The van der Waals surface area contributed by atoms with Crippen LogP contribution in [0.2, 0.25) is 0 Å². The summed E-state index contributed by atoms with van der Waals surface area (Å²) in [4.78, 5) is 2.85. The van der Waals surface area contributed by atoms with Crippen molar-refractivity contribution in [3.05, 3.63) is 44.3 Å². The molecular weight excluding hydrogens is 222 g/mol. The number of nitrogens with one attached hydrogen (secondary N) is 1. The van der Waals surface area contributed by atoms with E-state index in [0.29, 0.717) is 6.04 Å². The third kappa shape index (κ3) is 2.30. The van der Waals surface area contributed by atoms with Crippen molar-refractivity contribution in [3.63, 3.8) is 0 Å². The maximum Gasteiger partial charge on any atom is 0.0767 e. The molecule has 0 spiro atoms. The summed E-state index contributed by atoms with van der Waals surface area (Å²) in [6.45, 7) is 5.34. The lowest BCUT2D eigenvalue weighted by molar-refractivity contribution is 0.646. The summed E-state index contributed by atoms with van der Waals surface area (Å²) >= 11 is 3.66. The average molecular weight is 237 g/mol. The minimum absolute atomic E-state index is 0.384. The van der Waals surface area contributed by atoms with Gasteiger partial charge in [-0.3, -0.25) is 0 Å². The van der Waals surface area contributed by atoms with Crippen LogP contribution in [0, 0.1) is 6.92 Å². The summed E-state index contributed by atoms with van der Waals surface area (Å²) in [7, 11) is 0. The van der Waals surface area contributed by atoms with Gasteiger partial charge in [-0.1, -0.05) is 13.0 Å². The zero-order valence-corrected chi connectivity index (χ0v) is 10.6. The fourth-order valence-electron chi connectivity index (χ4n) is 1.66. The van der Waals surface area contributed by atoms with Crippen molar-refractivity contribution in [2.75, 3.05) is 6.54 Å². The second kappa shape index (κ2) is 4.92. The van der Waals surface area contributed by atoms with E-state index in [9.17, 15) is 0 Å². The van der Waals surface area contributed by atoms with Gasteiger partial charge in [-0.25, -0.2) is 0 Å². The third-order valence-corrected chi connectivity index (χ3v) is 4.42. The van der Waals surface area contributed by atoms with Gasteiger partial charge in [0.25, 0.3) is 0 Å². The Hall–Kier alpha value is -0.640. The highest BCUT2D eigenvalue weighted by atomic mass is 32.1. The molecule has 0 bridgehead atoms. The highest BCUT2D eigenvalue weighted by molar-refractivity contribution is 7.11. The van der Waals surface area contributed by atoms with Gasteiger partial charge in [0.05, 0.1) is 6.04 Å². The van der Waals surface area contributed by atoms with E-state index in [2.05, 4.69) is 48.1 Å². The third-order valence-electron chi connectivity index (χ3n) is 2.40. The average Bonchev–Trinajstić information content (AvgIpc) is 2.85. The van der Waals surface area contributed by atoms with Crippen molar-refractivity contribution in [2.24, 2.45) is 0 Å². The lowest BCUT2D eigenvalue weighted by Gasteiger charge is -2.15. The van der Waals surface area contributed by atoms with Crippen LogP contribution in [0.1, 0.15) is 28.3 Å². The lowest BCUT2D eigenvalue weighted by Crippen LogP contribution is -2.20. The first kappa shape index (κ1) is 10.9. The van der Waals surface area contributed by atoms with E-state index in [1.54, 1.807) is 0 Å². The topological polar surface area (TPSA) is 12.0 Å². The largest absolute Gasteiger partial charge is 0.305 e. The van der Waals surface area contributed by atoms with Crippen LogP contribution < -0.4 is 5.32 Å². The summed E-state index contributed by atoms with van der Waals surface area (Å²) in [5.41, 5.74) is 1.39. The molecule has 0 saturated carbocycles. The highest BCUT2D eigenvalue weighted by Gasteiger charge is 2.16. The molecule has 1 nitrogen and oxygen atoms in total. The number of aryl methyl sites for hydroxylation is 1. The van der Waals surface area contributed by atoms with E-state index >= 15 is 0 Å². The Morgan fingerprint density at radius 3 is 2.67 bits per heavy atom. The van der Waals surface area contributed by atoms with Crippen LogP contribution in [0.15, 0.2) is 29.0 Å². The van der Waals surface area contributed by atoms with Crippen LogP contribution in [0.3, 0.4) is 0 Å². The summed E-state index contributed by atoms with van der Waals surface area (Å²) in [5.74, 6) is 0. The molecule has 2 rings (SSSR count). The van der Waals surface area contributed by atoms with Gasteiger partial charge in [0.2, 0.25) is 0 Å². The molecule has 0 radical (unpaired) electrons. The molecule has 1 unspecified atom stereocenters. The van der Waals surface area contributed by atoms with Crippen molar-refractivity contribution in [1.29, 1.82) is 0 Å². The standard InChI is InChI=1S/C12H15NS2/c1-3-13-11(10-5-4-7-14-10)12-9(2)6-8-15-12/h4-8,11,13H,3H2,1-2H3. The summed E-state index contributed by atoms with van der Waals surface area (Å²) < 4.78 is 0. The number of hydrogen-bond donors (Lipinski definition) is 1. The Labute approximate surface area is 98.8 Å². The Balaban J connectivity index is 2.32. The molecular formula is C12H15NS2. The monoisotopic (exact) mass is 237 g/mol. The van der Waals surface area contributed by atoms with Crippen molar-refractivity contribution in [3.8, 4) is 0 Å². The van der Waals surface area contributed by atoms with Gasteiger partial charge in [0.1, 0.15) is 0 Å². The number of rotatable bonds is 4. The predicted molar refractivity (Wildman–Crippen MR) is 68.9 cm³/mol. The van der Waals surface area contributed by atoms with Gasteiger partial charge in [0.15, 0.2) is 0 Å². The zero-order chi connectivity index (χ0) is 10.7. The molecule has 0 amide bonds. The minimum Gasteiger partial charge on any atom is -0.305 e. The van der Waals surface area contributed by atoms with E-state index < -0.39 is 0 Å². The van der Waals surface area contributed by atoms with Crippen molar-refractivity contribution >= 4 is 22.7 Å². The molecule has 0 saturated heterocycles. The van der Waals surface area contributed by atoms with E-state index in [4.69, 9.17) is 0 Å². The second-order valence-corrected chi connectivity index (χ2v) is 5.40. The Kier molecular flexibility index (Phi) is 3.57. The minimum atomic E-state index is 0.384. The fraction of sp³-hybridized carbons (Fsp3) is 0.333. The van der Waals surface area contributed by atoms with E-state index in [1.165, 1.54) is 15.3 Å². The van der Waals surface area contributed by atoms with Crippen molar-refractivity contribution in [2.45, 2.75) is 19.9 Å². The molecule has 2 aromatic rings. The quantitative estimate of drug-likeness (QED) is 0.852. The van der Waals surface area contributed by atoms with Gasteiger partial charge in [-0.2, -0.15) is 0 Å². The molecule has 0 aliphatic rings. The summed E-state index contributed by atoms with van der Waals surface area (Å²) in [5, 5.41) is 7.86. The van der Waals surface area contributed by atoms with Crippen molar-refractivity contribution < 1.29 is 0 Å². The van der Waals surface area contributed by atoms with Gasteiger partial charge in [-0.15, -0.1) is 22.7 Å². The molecule has 1 atom stereocenters. The second-order valence-electron chi connectivity index (χ2n) is 3.47. The zero-order valence-electron chi connectivity index (χ0n) is 8.99. The number of hydrogen-bond acceptors (Lipinski definition) is 3. The van der Waals surface area contributed by atoms with Crippen LogP contribution in [0.25, 0.3) is 0 Å². The van der Waals surface area contributed by atoms with Crippen LogP contribution in [0.4, 0.5) is 0 Å². The summed E-state index contributed by atoms with van der Waals surface area (Å²) in [6, 6.07) is 6.90. The molecule has 15 heavy (non-hydrogen) atoms. The van der Waals surface area contributed by atoms with Crippen molar-refractivity contribution in [1.82, 2.24) is 5.32 Å². The van der Waals surface area contributed by atoms with Crippen LogP contribution in [0.5, 0.6) is 0 Å².